The monoisotopic (exact) mass is 584 g/mol. The first-order valence-electron chi connectivity index (χ1n) is 14.3. The SMILES string of the molecule is CC1/C=C\C[C@H](O)[C@@H]2CC[C@H]2CN2C[C@@]3(CCCc4cc(Cl)ccc43)COc3ccc(cc32)C(=O)NS(=O)(=O)C1. The van der Waals surface area contributed by atoms with Crippen LogP contribution in [0, 0.1) is 17.8 Å². The largest absolute Gasteiger partial charge is 0.490 e. The number of nitrogens with zero attached hydrogens (tertiary/aromatic N) is 1. The van der Waals surface area contributed by atoms with E-state index in [0.717, 1.165) is 49.4 Å². The molecule has 0 radical (unpaired) electrons. The topological polar surface area (TPSA) is 95.9 Å². The molecule has 9 heteroatoms. The van der Waals surface area contributed by atoms with Crippen LogP contribution in [0.4, 0.5) is 5.69 Å². The van der Waals surface area contributed by atoms with Crippen molar-refractivity contribution in [3.63, 3.8) is 0 Å². The van der Waals surface area contributed by atoms with Gasteiger partial charge in [0.25, 0.3) is 5.91 Å². The molecule has 7 nitrogen and oxygen atoms in total. The Hall–Kier alpha value is -2.55. The molecule has 1 fully saturated rings. The van der Waals surface area contributed by atoms with Crippen molar-refractivity contribution in [2.75, 3.05) is 30.3 Å². The quantitative estimate of drug-likeness (QED) is 0.430. The Morgan fingerprint density at radius 3 is 2.83 bits per heavy atom. The standard InChI is InChI=1S/C31H37ClN2O5S/c1-20-4-2-6-28(35)25-10-7-23(25)16-34-18-31(13-3-5-21-14-24(32)9-11-26(21)31)19-39-29-12-8-22(15-27(29)34)30(36)33-40(37,38)17-20/h2,4,8-9,11-12,14-15,20,23,25,28,35H,3,5-7,10,13,16-19H2,1H3,(H,33,36)/b4-2-/t20?,23-,25+,28-,31-/m0/s1. The number of anilines is 1. The summed E-state index contributed by atoms with van der Waals surface area (Å²) in [4.78, 5) is 15.5. The average Bonchev–Trinajstić information content (AvgIpc) is 3.02. The molecule has 1 amide bonds. The van der Waals surface area contributed by atoms with Crippen LogP contribution in [0.15, 0.2) is 48.6 Å². The predicted octanol–water partition coefficient (Wildman–Crippen LogP) is 4.86. The van der Waals surface area contributed by atoms with Crippen LogP contribution < -0.4 is 14.4 Å². The van der Waals surface area contributed by atoms with E-state index in [1.807, 2.05) is 18.2 Å². The molecule has 0 aromatic heterocycles. The van der Waals surface area contributed by atoms with Crippen molar-refractivity contribution in [3.8, 4) is 5.75 Å². The number of hydrogen-bond donors (Lipinski definition) is 2. The Morgan fingerprint density at radius 2 is 2.02 bits per heavy atom. The zero-order chi connectivity index (χ0) is 28.1. The summed E-state index contributed by atoms with van der Waals surface area (Å²) in [6.07, 6.45) is 8.69. The van der Waals surface area contributed by atoms with Gasteiger partial charge in [0.15, 0.2) is 0 Å². The van der Waals surface area contributed by atoms with Gasteiger partial charge in [0, 0.05) is 29.1 Å². The highest BCUT2D eigenvalue weighted by Gasteiger charge is 2.44. The fourth-order valence-electron chi connectivity index (χ4n) is 7.13. The van der Waals surface area contributed by atoms with E-state index >= 15 is 0 Å². The van der Waals surface area contributed by atoms with E-state index in [4.69, 9.17) is 16.3 Å². The van der Waals surface area contributed by atoms with Crippen LogP contribution in [-0.2, 0) is 21.9 Å². The molecule has 6 rings (SSSR count). The van der Waals surface area contributed by atoms with E-state index in [0.29, 0.717) is 31.2 Å². The summed E-state index contributed by atoms with van der Waals surface area (Å²) in [6.45, 7) is 3.73. The zero-order valence-electron chi connectivity index (χ0n) is 22.8. The van der Waals surface area contributed by atoms with Crippen LogP contribution in [-0.4, -0.2) is 51.0 Å². The number of allylic oxidation sites excluding steroid dienone is 1. The average molecular weight is 585 g/mol. The Kier molecular flexibility index (Phi) is 7.38. The van der Waals surface area contributed by atoms with Crippen molar-refractivity contribution in [2.45, 2.75) is 57.0 Å². The van der Waals surface area contributed by atoms with Gasteiger partial charge in [-0.15, -0.1) is 0 Å². The summed E-state index contributed by atoms with van der Waals surface area (Å²) in [5, 5.41) is 11.8. The molecular weight excluding hydrogens is 548 g/mol. The fourth-order valence-corrected chi connectivity index (χ4v) is 8.62. The number of nitrogens with one attached hydrogen (secondary N) is 1. The van der Waals surface area contributed by atoms with Gasteiger partial charge in [0.05, 0.1) is 24.2 Å². The van der Waals surface area contributed by atoms with Gasteiger partial charge in [-0.3, -0.25) is 4.79 Å². The highest BCUT2D eigenvalue weighted by molar-refractivity contribution is 7.90. The van der Waals surface area contributed by atoms with E-state index in [9.17, 15) is 18.3 Å². The van der Waals surface area contributed by atoms with Crippen LogP contribution >= 0.6 is 11.6 Å². The molecule has 1 spiro atoms. The maximum Gasteiger partial charge on any atom is 0.264 e. The number of aliphatic hydroxyl groups excluding tert-OH is 1. The van der Waals surface area contributed by atoms with Gasteiger partial charge >= 0.3 is 0 Å². The second-order valence-corrected chi connectivity index (χ2v) is 14.4. The minimum Gasteiger partial charge on any atom is -0.490 e. The lowest BCUT2D eigenvalue weighted by molar-refractivity contribution is 0.0177. The van der Waals surface area contributed by atoms with Crippen molar-refractivity contribution in [3.05, 3.63) is 70.3 Å². The second kappa shape index (κ2) is 10.7. The van der Waals surface area contributed by atoms with E-state index in [1.54, 1.807) is 25.1 Å². The van der Waals surface area contributed by atoms with Gasteiger partial charge in [-0.25, -0.2) is 13.1 Å². The molecule has 2 aliphatic heterocycles. The van der Waals surface area contributed by atoms with Crippen molar-refractivity contribution < 1.29 is 23.1 Å². The lowest BCUT2D eigenvalue weighted by Crippen LogP contribution is -2.49. The third kappa shape index (κ3) is 5.38. The molecule has 2 heterocycles. The maximum atomic E-state index is 13.2. The predicted molar refractivity (Wildman–Crippen MR) is 157 cm³/mol. The summed E-state index contributed by atoms with van der Waals surface area (Å²) in [5.41, 5.74) is 3.34. The minimum absolute atomic E-state index is 0.170. The molecule has 2 N–H and O–H groups in total. The summed E-state index contributed by atoms with van der Waals surface area (Å²) >= 11 is 6.37. The molecule has 5 atom stereocenters. The number of aliphatic hydroxyl groups is 1. The van der Waals surface area contributed by atoms with Crippen LogP contribution in [0.25, 0.3) is 0 Å². The molecule has 1 unspecified atom stereocenters. The van der Waals surface area contributed by atoms with E-state index in [2.05, 4.69) is 21.8 Å². The number of aryl methyl sites for hydroxylation is 1. The lowest BCUT2D eigenvalue weighted by atomic mass is 9.68. The first-order chi connectivity index (χ1) is 19.1. The van der Waals surface area contributed by atoms with E-state index < -0.39 is 22.0 Å². The molecule has 0 saturated heterocycles. The molecule has 40 heavy (non-hydrogen) atoms. The fraction of sp³-hybridized carbons (Fsp3) is 0.516. The summed E-state index contributed by atoms with van der Waals surface area (Å²) in [7, 11) is -3.85. The number of carbonyl (C=O) groups excluding carboxylic acids is 1. The second-order valence-electron chi connectivity index (χ2n) is 12.2. The number of carbonyl (C=O) groups is 1. The molecule has 214 valence electrons. The normalized spacial score (nSPS) is 32.5. The van der Waals surface area contributed by atoms with Gasteiger partial charge in [0.2, 0.25) is 10.0 Å². The van der Waals surface area contributed by atoms with Gasteiger partial charge in [-0.05, 0) is 97.7 Å². The van der Waals surface area contributed by atoms with Gasteiger partial charge in [0.1, 0.15) is 5.75 Å². The number of halogens is 1. The number of amides is 1. The van der Waals surface area contributed by atoms with Crippen LogP contribution in [0.3, 0.4) is 0 Å². The van der Waals surface area contributed by atoms with Gasteiger partial charge < -0.3 is 14.7 Å². The molecule has 4 aliphatic rings. The Balaban J connectivity index is 1.41. The van der Waals surface area contributed by atoms with E-state index in [-0.39, 0.29) is 28.6 Å². The molecule has 1 saturated carbocycles. The molecular formula is C31H37ClN2O5S. The van der Waals surface area contributed by atoms with Crippen molar-refractivity contribution in [1.29, 1.82) is 0 Å². The number of hydrogen-bond acceptors (Lipinski definition) is 6. The molecule has 2 bridgehead atoms. The van der Waals surface area contributed by atoms with Crippen molar-refractivity contribution >= 4 is 33.2 Å². The van der Waals surface area contributed by atoms with Crippen LogP contribution in [0.2, 0.25) is 5.02 Å². The highest BCUT2D eigenvalue weighted by Crippen LogP contribution is 2.46. The van der Waals surface area contributed by atoms with Crippen molar-refractivity contribution in [2.24, 2.45) is 17.8 Å². The highest BCUT2D eigenvalue weighted by atomic mass is 35.5. The molecule has 2 aromatic rings. The zero-order valence-corrected chi connectivity index (χ0v) is 24.4. The Labute approximate surface area is 241 Å². The van der Waals surface area contributed by atoms with Gasteiger partial charge in [-0.2, -0.15) is 0 Å². The smallest absolute Gasteiger partial charge is 0.264 e. The number of ether oxygens (including phenoxy) is 1. The number of fused-ring (bicyclic) bond motifs is 4. The lowest BCUT2D eigenvalue weighted by Gasteiger charge is -2.45. The summed E-state index contributed by atoms with van der Waals surface area (Å²) in [5.74, 6) is 0.0322. The molecule has 2 aromatic carbocycles. The first kappa shape index (κ1) is 27.6. The number of sulfonamides is 1. The maximum absolute atomic E-state index is 13.2. The third-order valence-corrected chi connectivity index (χ3v) is 11.0. The van der Waals surface area contributed by atoms with Gasteiger partial charge in [-0.1, -0.05) is 36.7 Å². The van der Waals surface area contributed by atoms with Crippen LogP contribution in [0.5, 0.6) is 5.75 Å². The minimum atomic E-state index is -3.85. The first-order valence-corrected chi connectivity index (χ1v) is 16.4. The number of rotatable bonds is 0. The summed E-state index contributed by atoms with van der Waals surface area (Å²) in [6, 6.07) is 11.4. The number of benzene rings is 2. The molecule has 2 aliphatic carbocycles. The Morgan fingerprint density at radius 1 is 1.18 bits per heavy atom. The van der Waals surface area contributed by atoms with E-state index in [1.165, 1.54) is 11.1 Å². The summed E-state index contributed by atoms with van der Waals surface area (Å²) < 4.78 is 34.3. The van der Waals surface area contributed by atoms with Crippen LogP contribution in [0.1, 0.15) is 60.5 Å². The Bertz CT molecular complexity index is 1440. The van der Waals surface area contributed by atoms with Crippen molar-refractivity contribution in [1.82, 2.24) is 4.72 Å². The third-order valence-electron chi connectivity index (χ3n) is 9.30.